The number of nitrogens with zero attached hydrogens (tertiary/aromatic N) is 1. The summed E-state index contributed by atoms with van der Waals surface area (Å²) in [5.41, 5.74) is 0. The van der Waals surface area contributed by atoms with Gasteiger partial charge < -0.3 is 25.9 Å². The van der Waals surface area contributed by atoms with E-state index in [0.29, 0.717) is 11.8 Å². The van der Waals surface area contributed by atoms with Gasteiger partial charge in [-0.25, -0.2) is 0 Å². The zero-order valence-electron chi connectivity index (χ0n) is 17.0. The van der Waals surface area contributed by atoms with Gasteiger partial charge in [-0.3, -0.25) is 4.79 Å². The van der Waals surface area contributed by atoms with Crippen LogP contribution in [-0.2, 0) is 9.53 Å². The Balaban J connectivity index is 0. The fraction of sp³-hybridized carbons (Fsp3) is 0.947. The lowest BCUT2D eigenvalue weighted by Crippen LogP contribution is -2.37. The third-order valence-electron chi connectivity index (χ3n) is 5.73. The van der Waals surface area contributed by atoms with E-state index in [0.717, 1.165) is 50.8 Å². The minimum absolute atomic E-state index is 0. The fourth-order valence-electron chi connectivity index (χ4n) is 3.75. The molecule has 0 spiro atoms. The SMILES string of the molecule is CC(C)C1CCN(C(=O)C2CCCO2)C1.CC(C)C1CCNC1.O.O.S. The summed E-state index contributed by atoms with van der Waals surface area (Å²) in [5, 5.41) is 3.35. The van der Waals surface area contributed by atoms with E-state index in [2.05, 4.69) is 33.0 Å². The zero-order chi connectivity index (χ0) is 16.8. The first-order valence-electron chi connectivity index (χ1n) is 9.60. The van der Waals surface area contributed by atoms with Crippen LogP contribution in [0.5, 0.6) is 0 Å². The Morgan fingerprint density at radius 3 is 2.08 bits per heavy atom. The topological polar surface area (TPSA) is 105 Å². The highest BCUT2D eigenvalue weighted by Crippen LogP contribution is 2.25. The Hall–Kier alpha value is -0.340. The maximum atomic E-state index is 12.0. The highest BCUT2D eigenvalue weighted by Gasteiger charge is 2.33. The normalized spacial score (nSPS) is 27.3. The van der Waals surface area contributed by atoms with Crippen LogP contribution in [0.4, 0.5) is 0 Å². The Bertz CT molecular complexity index is 371. The van der Waals surface area contributed by atoms with Crippen molar-refractivity contribution in [3.05, 3.63) is 0 Å². The Labute approximate surface area is 166 Å². The summed E-state index contributed by atoms with van der Waals surface area (Å²) in [6.45, 7) is 14.2. The summed E-state index contributed by atoms with van der Waals surface area (Å²) in [6.07, 6.45) is 4.38. The molecule has 0 aliphatic carbocycles. The minimum atomic E-state index is -0.129. The Kier molecular flexibility index (Phi) is 14.8. The number of carbonyl (C=O) groups excluding carboxylic acids is 1. The van der Waals surface area contributed by atoms with Crippen molar-refractivity contribution in [1.82, 2.24) is 10.2 Å². The van der Waals surface area contributed by atoms with E-state index >= 15 is 0 Å². The molecule has 3 atom stereocenters. The van der Waals surface area contributed by atoms with Crippen LogP contribution >= 0.6 is 13.5 Å². The van der Waals surface area contributed by atoms with Crippen molar-refractivity contribution in [2.45, 2.75) is 59.5 Å². The van der Waals surface area contributed by atoms with Gasteiger partial charge in [0, 0.05) is 19.7 Å². The van der Waals surface area contributed by atoms with Crippen molar-refractivity contribution in [1.29, 1.82) is 0 Å². The number of hydrogen-bond acceptors (Lipinski definition) is 3. The number of likely N-dealkylation sites (tertiary alicyclic amines) is 1. The van der Waals surface area contributed by atoms with Gasteiger partial charge in [-0.2, -0.15) is 13.5 Å². The molecule has 3 fully saturated rings. The predicted octanol–water partition coefficient (Wildman–Crippen LogP) is 1.39. The first-order valence-corrected chi connectivity index (χ1v) is 9.60. The molecule has 3 rings (SSSR count). The number of carbonyl (C=O) groups is 1. The van der Waals surface area contributed by atoms with E-state index in [4.69, 9.17) is 4.74 Å². The lowest BCUT2D eigenvalue weighted by Gasteiger charge is -2.21. The third kappa shape index (κ3) is 8.13. The molecule has 0 bridgehead atoms. The highest BCUT2D eigenvalue weighted by atomic mass is 32.1. The van der Waals surface area contributed by atoms with E-state index in [-0.39, 0.29) is 36.5 Å². The molecule has 3 aliphatic rings. The van der Waals surface area contributed by atoms with Gasteiger partial charge in [-0.15, -0.1) is 0 Å². The van der Waals surface area contributed by atoms with Crippen molar-refractivity contribution in [2.24, 2.45) is 23.7 Å². The molecule has 26 heavy (non-hydrogen) atoms. The fourth-order valence-corrected chi connectivity index (χ4v) is 3.75. The van der Waals surface area contributed by atoms with E-state index < -0.39 is 0 Å². The summed E-state index contributed by atoms with van der Waals surface area (Å²) < 4.78 is 5.43. The standard InChI is InChI=1S/C12H21NO2.C7H15N.2H2O.H2S/c1-9(2)10-5-6-13(8-10)12(14)11-4-3-7-15-11;1-6(2)7-3-4-8-5-7;;;/h9-11H,3-8H2,1-2H3;6-8H,3-5H2,1-2H3;3*1H2. The van der Waals surface area contributed by atoms with Crippen LogP contribution in [0.1, 0.15) is 53.4 Å². The molecule has 6 nitrogen and oxygen atoms in total. The molecular formula is C19H42N2O4S. The first kappa shape index (κ1) is 27.9. The second-order valence-corrected chi connectivity index (χ2v) is 8.08. The highest BCUT2D eigenvalue weighted by molar-refractivity contribution is 7.59. The molecule has 0 aromatic heterocycles. The second-order valence-electron chi connectivity index (χ2n) is 8.08. The molecule has 7 heteroatoms. The van der Waals surface area contributed by atoms with Gasteiger partial charge in [-0.1, -0.05) is 27.7 Å². The second kappa shape index (κ2) is 13.8. The Morgan fingerprint density at radius 2 is 1.69 bits per heavy atom. The largest absolute Gasteiger partial charge is 0.412 e. The number of amides is 1. The van der Waals surface area contributed by atoms with Gasteiger partial charge in [0.05, 0.1) is 0 Å². The summed E-state index contributed by atoms with van der Waals surface area (Å²) in [6, 6.07) is 0. The molecule has 158 valence electrons. The number of hydrogen-bond donors (Lipinski definition) is 1. The van der Waals surface area contributed by atoms with Crippen LogP contribution in [0.3, 0.4) is 0 Å². The smallest absolute Gasteiger partial charge is 0.251 e. The quantitative estimate of drug-likeness (QED) is 0.782. The van der Waals surface area contributed by atoms with E-state index in [9.17, 15) is 4.79 Å². The molecule has 3 heterocycles. The van der Waals surface area contributed by atoms with Crippen molar-refractivity contribution in [2.75, 3.05) is 32.8 Å². The first-order chi connectivity index (χ1) is 11.0. The van der Waals surface area contributed by atoms with Crippen molar-refractivity contribution < 1.29 is 20.5 Å². The molecule has 3 unspecified atom stereocenters. The summed E-state index contributed by atoms with van der Waals surface area (Å²) >= 11 is 0. The van der Waals surface area contributed by atoms with Gasteiger partial charge in [0.2, 0.25) is 0 Å². The number of nitrogens with one attached hydrogen (secondary N) is 1. The summed E-state index contributed by atoms with van der Waals surface area (Å²) in [7, 11) is 0. The van der Waals surface area contributed by atoms with Gasteiger partial charge in [0.25, 0.3) is 5.91 Å². The van der Waals surface area contributed by atoms with Gasteiger partial charge in [0.15, 0.2) is 0 Å². The third-order valence-corrected chi connectivity index (χ3v) is 5.73. The van der Waals surface area contributed by atoms with Crippen molar-refractivity contribution >= 4 is 19.4 Å². The molecule has 0 aromatic carbocycles. The van der Waals surface area contributed by atoms with Crippen LogP contribution in [-0.4, -0.2) is 60.6 Å². The van der Waals surface area contributed by atoms with Crippen molar-refractivity contribution in [3.63, 3.8) is 0 Å². The van der Waals surface area contributed by atoms with Crippen LogP contribution in [0, 0.1) is 23.7 Å². The Morgan fingerprint density at radius 1 is 1.04 bits per heavy atom. The molecule has 3 saturated heterocycles. The van der Waals surface area contributed by atoms with Crippen LogP contribution in [0.25, 0.3) is 0 Å². The van der Waals surface area contributed by atoms with Gasteiger partial charge >= 0.3 is 0 Å². The van der Waals surface area contributed by atoms with Crippen LogP contribution in [0.15, 0.2) is 0 Å². The van der Waals surface area contributed by atoms with E-state index in [1.54, 1.807) is 0 Å². The molecule has 0 saturated carbocycles. The predicted molar refractivity (Wildman–Crippen MR) is 112 cm³/mol. The zero-order valence-corrected chi connectivity index (χ0v) is 18.0. The summed E-state index contributed by atoms with van der Waals surface area (Å²) in [5.74, 6) is 3.44. The average molecular weight is 395 g/mol. The minimum Gasteiger partial charge on any atom is -0.412 e. The molecule has 0 aromatic rings. The maximum absolute atomic E-state index is 12.0. The lowest BCUT2D eigenvalue weighted by atomic mass is 9.95. The van der Waals surface area contributed by atoms with Gasteiger partial charge in [-0.05, 0) is 62.4 Å². The van der Waals surface area contributed by atoms with E-state index in [1.807, 2.05) is 4.90 Å². The summed E-state index contributed by atoms with van der Waals surface area (Å²) in [4.78, 5) is 14.0. The van der Waals surface area contributed by atoms with Crippen LogP contribution < -0.4 is 5.32 Å². The molecule has 0 radical (unpaired) electrons. The molecule has 1 amide bonds. The maximum Gasteiger partial charge on any atom is 0.251 e. The van der Waals surface area contributed by atoms with Gasteiger partial charge in [0.1, 0.15) is 6.10 Å². The lowest BCUT2D eigenvalue weighted by molar-refractivity contribution is -0.140. The number of rotatable bonds is 3. The molecule has 3 aliphatic heterocycles. The molecular weight excluding hydrogens is 352 g/mol. The van der Waals surface area contributed by atoms with Crippen molar-refractivity contribution in [3.8, 4) is 0 Å². The van der Waals surface area contributed by atoms with E-state index in [1.165, 1.54) is 19.5 Å². The molecule has 5 N–H and O–H groups in total. The monoisotopic (exact) mass is 394 g/mol. The average Bonchev–Trinajstić information content (AvgIpc) is 3.28. The number of ether oxygens (including phenoxy) is 1. The van der Waals surface area contributed by atoms with Crippen LogP contribution in [0.2, 0.25) is 0 Å².